The number of amides is 3. The SMILES string of the molecule is Cc1cc(Br)ccc1CNCC(NC(=O)CNC(=O)c1cccc(C(F)(F)F)c1)(C(N)=O)C(C)(C)C. The lowest BCUT2D eigenvalue weighted by atomic mass is 9.72. The molecule has 0 spiro atoms. The minimum absolute atomic E-state index is 0.00858. The Kier molecular flexibility index (Phi) is 9.30. The lowest BCUT2D eigenvalue weighted by Gasteiger charge is -2.43. The third kappa shape index (κ3) is 7.30. The Morgan fingerprint density at radius 1 is 1.03 bits per heavy atom. The first-order chi connectivity index (χ1) is 16.6. The van der Waals surface area contributed by atoms with Crippen molar-refractivity contribution in [1.29, 1.82) is 0 Å². The van der Waals surface area contributed by atoms with Gasteiger partial charge < -0.3 is 21.7 Å². The van der Waals surface area contributed by atoms with Crippen molar-refractivity contribution in [1.82, 2.24) is 16.0 Å². The maximum atomic E-state index is 12.9. The van der Waals surface area contributed by atoms with Gasteiger partial charge in [-0.05, 0) is 53.8 Å². The summed E-state index contributed by atoms with van der Waals surface area (Å²) in [5.74, 6) is -2.35. The first-order valence-electron chi connectivity index (χ1n) is 11.1. The normalized spacial score (nSPS) is 13.6. The van der Waals surface area contributed by atoms with Crippen LogP contribution in [-0.2, 0) is 22.3 Å². The second kappa shape index (κ2) is 11.4. The molecule has 11 heteroatoms. The Morgan fingerprint density at radius 2 is 1.69 bits per heavy atom. The molecule has 2 aromatic rings. The fourth-order valence-electron chi connectivity index (χ4n) is 3.64. The lowest BCUT2D eigenvalue weighted by molar-refractivity contribution is -0.137. The molecule has 2 aromatic carbocycles. The molecule has 2 rings (SSSR count). The summed E-state index contributed by atoms with van der Waals surface area (Å²) in [6.45, 7) is 7.03. The standard InChI is InChI=1S/C25H30BrF3N4O3/c1-15-10-19(26)9-8-17(15)12-31-14-24(22(30)36,23(2,3)4)33-20(34)13-32-21(35)16-6-5-7-18(11-16)25(27,28)29/h5-11,31H,12-14H2,1-4H3,(H2,30,36)(H,32,35)(H,33,34). The van der Waals surface area contributed by atoms with Crippen LogP contribution in [0.3, 0.4) is 0 Å². The van der Waals surface area contributed by atoms with Crippen molar-refractivity contribution in [2.24, 2.45) is 11.1 Å². The molecular formula is C25H30BrF3N4O3. The molecule has 0 fully saturated rings. The molecule has 0 heterocycles. The van der Waals surface area contributed by atoms with E-state index in [4.69, 9.17) is 5.73 Å². The van der Waals surface area contributed by atoms with Gasteiger partial charge in [-0.25, -0.2) is 0 Å². The molecule has 36 heavy (non-hydrogen) atoms. The number of nitrogens with two attached hydrogens (primary N) is 1. The van der Waals surface area contributed by atoms with Crippen LogP contribution in [0.2, 0.25) is 0 Å². The molecule has 0 aliphatic heterocycles. The summed E-state index contributed by atoms with van der Waals surface area (Å²) in [5.41, 5.74) is 4.20. The van der Waals surface area contributed by atoms with E-state index in [1.165, 1.54) is 6.07 Å². The van der Waals surface area contributed by atoms with Crippen LogP contribution in [0.1, 0.15) is 47.8 Å². The van der Waals surface area contributed by atoms with Crippen LogP contribution in [0.5, 0.6) is 0 Å². The molecule has 1 atom stereocenters. The van der Waals surface area contributed by atoms with E-state index in [2.05, 4.69) is 31.9 Å². The maximum Gasteiger partial charge on any atom is 0.416 e. The highest BCUT2D eigenvalue weighted by Crippen LogP contribution is 2.31. The maximum absolute atomic E-state index is 12.9. The number of halogens is 4. The molecule has 0 bridgehead atoms. The number of hydrogen-bond donors (Lipinski definition) is 4. The largest absolute Gasteiger partial charge is 0.416 e. The highest BCUT2D eigenvalue weighted by atomic mass is 79.9. The van der Waals surface area contributed by atoms with Crippen molar-refractivity contribution in [2.45, 2.75) is 46.0 Å². The Labute approximate surface area is 216 Å². The van der Waals surface area contributed by atoms with Gasteiger partial charge in [0.1, 0.15) is 5.54 Å². The third-order valence-corrected chi connectivity index (χ3v) is 6.42. The number of carbonyl (C=O) groups excluding carboxylic acids is 3. The summed E-state index contributed by atoms with van der Waals surface area (Å²) in [4.78, 5) is 37.7. The Morgan fingerprint density at radius 3 is 2.25 bits per heavy atom. The number of aryl methyl sites for hydroxylation is 1. The van der Waals surface area contributed by atoms with Crippen LogP contribution in [0.15, 0.2) is 46.9 Å². The van der Waals surface area contributed by atoms with E-state index in [9.17, 15) is 27.6 Å². The van der Waals surface area contributed by atoms with Gasteiger partial charge in [-0.2, -0.15) is 13.2 Å². The number of hydrogen-bond acceptors (Lipinski definition) is 4. The average molecular weight is 571 g/mol. The minimum Gasteiger partial charge on any atom is -0.368 e. The number of primary amides is 1. The van der Waals surface area contributed by atoms with Crippen LogP contribution < -0.4 is 21.7 Å². The van der Waals surface area contributed by atoms with E-state index < -0.39 is 47.0 Å². The molecule has 0 radical (unpaired) electrons. The summed E-state index contributed by atoms with van der Waals surface area (Å²) < 4.78 is 39.7. The highest BCUT2D eigenvalue weighted by Gasteiger charge is 2.48. The number of rotatable bonds is 9. The predicted molar refractivity (Wildman–Crippen MR) is 134 cm³/mol. The predicted octanol–water partition coefficient (Wildman–Crippen LogP) is 3.68. The van der Waals surface area contributed by atoms with E-state index in [1.54, 1.807) is 20.8 Å². The second-order valence-corrected chi connectivity index (χ2v) is 10.4. The third-order valence-electron chi connectivity index (χ3n) is 5.93. The lowest BCUT2D eigenvalue weighted by Crippen LogP contribution is -2.69. The van der Waals surface area contributed by atoms with Crippen LogP contribution in [0.25, 0.3) is 0 Å². The first-order valence-corrected chi connectivity index (χ1v) is 11.9. The van der Waals surface area contributed by atoms with Gasteiger partial charge >= 0.3 is 6.18 Å². The van der Waals surface area contributed by atoms with Gasteiger partial charge in [0.2, 0.25) is 11.8 Å². The van der Waals surface area contributed by atoms with Crippen molar-refractivity contribution < 1.29 is 27.6 Å². The van der Waals surface area contributed by atoms with E-state index in [0.29, 0.717) is 12.6 Å². The Balaban J connectivity index is 2.11. The number of alkyl halides is 3. The summed E-state index contributed by atoms with van der Waals surface area (Å²) >= 11 is 3.41. The van der Waals surface area contributed by atoms with Gasteiger partial charge in [0.05, 0.1) is 12.1 Å². The average Bonchev–Trinajstić information content (AvgIpc) is 2.76. The van der Waals surface area contributed by atoms with Gasteiger partial charge in [-0.1, -0.05) is 48.8 Å². The van der Waals surface area contributed by atoms with Gasteiger partial charge in [0.25, 0.3) is 5.91 Å². The van der Waals surface area contributed by atoms with Crippen LogP contribution >= 0.6 is 15.9 Å². The second-order valence-electron chi connectivity index (χ2n) is 9.50. The molecule has 1 unspecified atom stereocenters. The first kappa shape index (κ1) is 29.3. The molecule has 0 saturated carbocycles. The summed E-state index contributed by atoms with van der Waals surface area (Å²) in [5, 5.41) is 8.12. The van der Waals surface area contributed by atoms with E-state index in [-0.39, 0.29) is 12.1 Å². The molecule has 5 N–H and O–H groups in total. The van der Waals surface area contributed by atoms with Crippen molar-refractivity contribution in [2.75, 3.05) is 13.1 Å². The number of carbonyl (C=O) groups is 3. The fraction of sp³-hybridized carbons (Fsp3) is 0.400. The molecule has 0 aliphatic carbocycles. The zero-order valence-electron chi connectivity index (χ0n) is 20.5. The zero-order chi connectivity index (χ0) is 27.3. The minimum atomic E-state index is -4.61. The summed E-state index contributed by atoms with van der Waals surface area (Å²) in [6, 6.07) is 9.63. The van der Waals surface area contributed by atoms with E-state index in [0.717, 1.165) is 27.7 Å². The molecule has 0 aliphatic rings. The number of nitrogens with one attached hydrogen (secondary N) is 3. The van der Waals surface area contributed by atoms with Crippen molar-refractivity contribution in [3.05, 3.63) is 69.2 Å². The van der Waals surface area contributed by atoms with Gasteiger partial charge in [-0.3, -0.25) is 14.4 Å². The smallest absolute Gasteiger partial charge is 0.368 e. The van der Waals surface area contributed by atoms with Crippen LogP contribution in [-0.4, -0.2) is 36.3 Å². The molecule has 0 saturated heterocycles. The van der Waals surface area contributed by atoms with Crippen molar-refractivity contribution in [3.63, 3.8) is 0 Å². The van der Waals surface area contributed by atoms with E-state index >= 15 is 0 Å². The van der Waals surface area contributed by atoms with Crippen molar-refractivity contribution in [3.8, 4) is 0 Å². The van der Waals surface area contributed by atoms with Gasteiger partial charge in [-0.15, -0.1) is 0 Å². The summed E-state index contributed by atoms with van der Waals surface area (Å²) in [7, 11) is 0. The quantitative estimate of drug-likeness (QED) is 0.368. The highest BCUT2D eigenvalue weighted by molar-refractivity contribution is 9.10. The zero-order valence-corrected chi connectivity index (χ0v) is 22.1. The number of benzene rings is 2. The summed E-state index contributed by atoms with van der Waals surface area (Å²) in [6.07, 6.45) is -4.61. The molecule has 0 aromatic heterocycles. The van der Waals surface area contributed by atoms with Crippen LogP contribution in [0.4, 0.5) is 13.2 Å². The fourth-order valence-corrected chi connectivity index (χ4v) is 4.11. The molecular weight excluding hydrogens is 541 g/mol. The van der Waals surface area contributed by atoms with Crippen LogP contribution in [0, 0.1) is 12.3 Å². The molecule has 196 valence electrons. The monoisotopic (exact) mass is 570 g/mol. The van der Waals surface area contributed by atoms with Crippen molar-refractivity contribution >= 4 is 33.7 Å². The molecule has 7 nitrogen and oxygen atoms in total. The Bertz CT molecular complexity index is 1130. The van der Waals surface area contributed by atoms with Gasteiger partial charge in [0, 0.05) is 23.1 Å². The Hall–Kier alpha value is -2.92. The van der Waals surface area contributed by atoms with E-state index in [1.807, 2.05) is 25.1 Å². The topological polar surface area (TPSA) is 113 Å². The van der Waals surface area contributed by atoms with Gasteiger partial charge in [0.15, 0.2) is 0 Å². The molecule has 3 amide bonds.